The molecular formula is C19H17N5O. The van der Waals surface area contributed by atoms with Crippen LogP contribution in [-0.2, 0) is 13.5 Å². The van der Waals surface area contributed by atoms with Crippen LogP contribution in [0.15, 0.2) is 36.7 Å². The van der Waals surface area contributed by atoms with E-state index >= 15 is 0 Å². The van der Waals surface area contributed by atoms with Gasteiger partial charge in [0, 0.05) is 37.2 Å². The fraction of sp³-hybridized carbons (Fsp3) is 0.211. The number of fused-ring (bicyclic) bond motifs is 7. The third-order valence-corrected chi connectivity index (χ3v) is 5.12. The first-order valence-corrected chi connectivity index (χ1v) is 8.34. The number of benzene rings is 1. The minimum absolute atomic E-state index is 0.128. The molecule has 6 nitrogen and oxygen atoms in total. The van der Waals surface area contributed by atoms with Crippen molar-refractivity contribution >= 4 is 33.7 Å². The molecule has 1 aliphatic heterocycles. The van der Waals surface area contributed by atoms with E-state index in [-0.39, 0.29) is 5.91 Å². The highest BCUT2D eigenvalue weighted by Gasteiger charge is 2.28. The number of hydrogen-bond donors (Lipinski definition) is 1. The van der Waals surface area contributed by atoms with Gasteiger partial charge in [-0.25, -0.2) is 9.97 Å². The van der Waals surface area contributed by atoms with Crippen LogP contribution < -0.4 is 5.32 Å². The average Bonchev–Trinajstić information content (AvgIpc) is 3.10. The average molecular weight is 331 g/mol. The standard InChI is InChI=1S/C19H17N5O/c1-20-18-17-16-13(23(2)19(17)22-10-21-18)7-8-15(25)24-12-6-4-3-5-11(12)9-14(16)24/h3-6,9-10H,7-8H2,1-2H3,(H,20,21,22). The maximum absolute atomic E-state index is 12.9. The fourth-order valence-corrected chi connectivity index (χ4v) is 4.00. The Hall–Kier alpha value is -3.15. The van der Waals surface area contributed by atoms with Crippen molar-refractivity contribution in [2.45, 2.75) is 12.8 Å². The lowest BCUT2D eigenvalue weighted by Gasteiger charge is -2.07. The summed E-state index contributed by atoms with van der Waals surface area (Å²) in [4.78, 5) is 21.7. The second-order valence-corrected chi connectivity index (χ2v) is 6.37. The molecule has 0 aliphatic carbocycles. The van der Waals surface area contributed by atoms with Crippen molar-refractivity contribution in [2.75, 3.05) is 12.4 Å². The number of rotatable bonds is 1. The van der Waals surface area contributed by atoms with Crippen LogP contribution in [0.4, 0.5) is 5.82 Å². The first-order chi connectivity index (χ1) is 12.2. The van der Waals surface area contributed by atoms with Crippen molar-refractivity contribution < 1.29 is 4.79 Å². The highest BCUT2D eigenvalue weighted by Crippen LogP contribution is 2.41. The second-order valence-electron chi connectivity index (χ2n) is 6.37. The molecule has 1 N–H and O–H groups in total. The molecule has 0 radical (unpaired) electrons. The number of para-hydroxylation sites is 1. The van der Waals surface area contributed by atoms with Gasteiger partial charge < -0.3 is 9.88 Å². The molecule has 5 rings (SSSR count). The molecule has 0 amide bonds. The molecule has 0 saturated carbocycles. The first-order valence-electron chi connectivity index (χ1n) is 8.34. The van der Waals surface area contributed by atoms with E-state index in [4.69, 9.17) is 0 Å². The van der Waals surface area contributed by atoms with Gasteiger partial charge in [-0.15, -0.1) is 0 Å². The Labute approximate surface area is 144 Å². The van der Waals surface area contributed by atoms with Crippen LogP contribution in [0.3, 0.4) is 0 Å². The molecule has 0 bridgehead atoms. The fourth-order valence-electron chi connectivity index (χ4n) is 4.00. The van der Waals surface area contributed by atoms with Crippen molar-refractivity contribution in [3.63, 3.8) is 0 Å². The normalized spacial score (nSPS) is 13.8. The largest absolute Gasteiger partial charge is 0.372 e. The Kier molecular flexibility index (Phi) is 2.80. The minimum atomic E-state index is 0.128. The molecule has 1 aromatic carbocycles. The lowest BCUT2D eigenvalue weighted by molar-refractivity contribution is 0.0911. The van der Waals surface area contributed by atoms with Gasteiger partial charge in [-0.05, 0) is 18.6 Å². The summed E-state index contributed by atoms with van der Waals surface area (Å²) >= 11 is 0. The SMILES string of the molecule is CNc1ncnc2c1c1c(n2C)CCC(=O)n2c-1cc1ccccc12. The number of carbonyl (C=O) groups excluding carboxylic acids is 1. The van der Waals surface area contributed by atoms with Crippen LogP contribution in [0, 0.1) is 0 Å². The zero-order chi connectivity index (χ0) is 17.1. The van der Waals surface area contributed by atoms with Crippen LogP contribution >= 0.6 is 0 Å². The second kappa shape index (κ2) is 4.92. The molecule has 25 heavy (non-hydrogen) atoms. The zero-order valence-corrected chi connectivity index (χ0v) is 14.1. The minimum Gasteiger partial charge on any atom is -0.372 e. The number of hydrogen-bond acceptors (Lipinski definition) is 4. The predicted octanol–water partition coefficient (Wildman–Crippen LogP) is 3.22. The Morgan fingerprint density at radius 3 is 2.84 bits per heavy atom. The number of nitrogens with one attached hydrogen (secondary N) is 1. The summed E-state index contributed by atoms with van der Waals surface area (Å²) in [6.45, 7) is 0. The van der Waals surface area contributed by atoms with Crippen LogP contribution in [0.25, 0.3) is 33.2 Å². The summed E-state index contributed by atoms with van der Waals surface area (Å²) in [6.07, 6.45) is 2.75. The summed E-state index contributed by atoms with van der Waals surface area (Å²) in [5, 5.41) is 5.21. The molecule has 0 spiro atoms. The Balaban J connectivity index is 2.00. The number of nitrogens with zero attached hydrogens (tertiary/aromatic N) is 4. The summed E-state index contributed by atoms with van der Waals surface area (Å²) in [7, 11) is 3.87. The predicted molar refractivity (Wildman–Crippen MR) is 97.9 cm³/mol. The maximum Gasteiger partial charge on any atom is 0.231 e. The van der Waals surface area contributed by atoms with Gasteiger partial charge >= 0.3 is 0 Å². The molecule has 0 atom stereocenters. The third kappa shape index (κ3) is 1.76. The number of carbonyl (C=O) groups is 1. The van der Waals surface area contributed by atoms with Crippen molar-refractivity contribution in [1.82, 2.24) is 19.1 Å². The quantitative estimate of drug-likeness (QED) is 0.582. The molecule has 1 aliphatic rings. The van der Waals surface area contributed by atoms with E-state index in [0.29, 0.717) is 12.8 Å². The van der Waals surface area contributed by atoms with Gasteiger partial charge in [-0.1, -0.05) is 18.2 Å². The Morgan fingerprint density at radius 1 is 1.16 bits per heavy atom. The maximum atomic E-state index is 12.9. The summed E-state index contributed by atoms with van der Waals surface area (Å²) < 4.78 is 3.95. The number of aromatic nitrogens is 4. The molecule has 4 heterocycles. The van der Waals surface area contributed by atoms with E-state index in [1.807, 2.05) is 42.9 Å². The van der Waals surface area contributed by atoms with E-state index in [1.54, 1.807) is 6.33 Å². The van der Waals surface area contributed by atoms with Crippen molar-refractivity contribution in [2.24, 2.45) is 7.05 Å². The summed E-state index contributed by atoms with van der Waals surface area (Å²) in [6, 6.07) is 10.1. The van der Waals surface area contributed by atoms with Crippen LogP contribution in [-0.4, -0.2) is 32.1 Å². The van der Waals surface area contributed by atoms with E-state index in [9.17, 15) is 4.79 Å². The Morgan fingerprint density at radius 2 is 2.00 bits per heavy atom. The number of anilines is 1. The van der Waals surface area contributed by atoms with Gasteiger partial charge in [0.15, 0.2) is 0 Å². The summed E-state index contributed by atoms with van der Waals surface area (Å²) in [5.41, 5.74) is 4.95. The lowest BCUT2D eigenvalue weighted by atomic mass is 10.1. The van der Waals surface area contributed by atoms with Gasteiger partial charge in [-0.3, -0.25) is 9.36 Å². The van der Waals surface area contributed by atoms with Gasteiger partial charge in [0.1, 0.15) is 17.8 Å². The zero-order valence-electron chi connectivity index (χ0n) is 14.1. The summed E-state index contributed by atoms with van der Waals surface area (Å²) in [5.74, 6) is 0.913. The molecular weight excluding hydrogens is 314 g/mol. The molecule has 3 aromatic heterocycles. The Bertz CT molecular complexity index is 1170. The highest BCUT2D eigenvalue weighted by molar-refractivity contribution is 6.08. The smallest absolute Gasteiger partial charge is 0.231 e. The van der Waals surface area contributed by atoms with Gasteiger partial charge in [0.05, 0.1) is 16.6 Å². The number of aryl methyl sites for hydroxylation is 1. The van der Waals surface area contributed by atoms with Gasteiger partial charge in [0.25, 0.3) is 0 Å². The van der Waals surface area contributed by atoms with E-state index in [1.165, 1.54) is 0 Å². The van der Waals surface area contributed by atoms with Crippen molar-refractivity contribution in [3.8, 4) is 11.3 Å². The lowest BCUT2D eigenvalue weighted by Crippen LogP contribution is -2.10. The van der Waals surface area contributed by atoms with E-state index < -0.39 is 0 Å². The third-order valence-electron chi connectivity index (χ3n) is 5.12. The van der Waals surface area contributed by atoms with E-state index in [2.05, 4.69) is 25.9 Å². The highest BCUT2D eigenvalue weighted by atomic mass is 16.2. The molecule has 0 fully saturated rings. The monoisotopic (exact) mass is 331 g/mol. The van der Waals surface area contributed by atoms with E-state index in [0.717, 1.165) is 44.7 Å². The van der Waals surface area contributed by atoms with Crippen LogP contribution in [0.2, 0.25) is 0 Å². The van der Waals surface area contributed by atoms with Gasteiger partial charge in [-0.2, -0.15) is 0 Å². The van der Waals surface area contributed by atoms with Crippen molar-refractivity contribution in [3.05, 3.63) is 42.4 Å². The topological polar surface area (TPSA) is 64.7 Å². The van der Waals surface area contributed by atoms with Crippen LogP contribution in [0.5, 0.6) is 0 Å². The molecule has 4 aromatic rings. The first kappa shape index (κ1) is 14.2. The van der Waals surface area contributed by atoms with Crippen molar-refractivity contribution in [1.29, 1.82) is 0 Å². The molecule has 0 saturated heterocycles. The van der Waals surface area contributed by atoms with Crippen LogP contribution in [0.1, 0.15) is 16.9 Å². The molecule has 124 valence electrons. The molecule has 6 heteroatoms. The van der Waals surface area contributed by atoms with Gasteiger partial charge in [0.2, 0.25) is 5.91 Å². The molecule has 0 unspecified atom stereocenters.